The summed E-state index contributed by atoms with van der Waals surface area (Å²) in [4.78, 5) is 10.9. The first-order valence-electron chi connectivity index (χ1n) is 7.56. The lowest BCUT2D eigenvalue weighted by Gasteiger charge is -2.18. The van der Waals surface area contributed by atoms with Crippen molar-refractivity contribution >= 4 is 15.7 Å². The topological polar surface area (TPSA) is 119 Å². The lowest BCUT2D eigenvalue weighted by molar-refractivity contribution is -0.137. The zero-order chi connectivity index (χ0) is 19.3. The molecule has 26 heavy (non-hydrogen) atoms. The molecule has 0 saturated heterocycles. The van der Waals surface area contributed by atoms with E-state index in [-0.39, 0.29) is 27.6 Å². The van der Waals surface area contributed by atoms with Crippen LogP contribution >= 0.6 is 0 Å². The lowest BCUT2D eigenvalue weighted by Crippen LogP contribution is -2.31. The first kappa shape index (κ1) is 19.7. The highest BCUT2D eigenvalue weighted by Crippen LogP contribution is 2.33. The summed E-state index contributed by atoms with van der Waals surface area (Å²) in [5, 5.41) is 10.5. The first-order valence-corrected chi connectivity index (χ1v) is 9.05. The highest BCUT2D eigenvalue weighted by molar-refractivity contribution is 7.91. The number of carbonyl (C=O) groups is 1. The molecule has 0 aliphatic carbocycles. The van der Waals surface area contributed by atoms with Crippen molar-refractivity contribution in [3.8, 4) is 11.5 Å². The second-order valence-electron chi connectivity index (χ2n) is 5.42. The number of hydrogen-bond donors (Lipinski definition) is 2. The molecule has 140 valence electrons. The molecule has 2 aromatic carbocycles. The number of primary amides is 1. The quantitative estimate of drug-likeness (QED) is 0.661. The molecule has 0 aliphatic heterocycles. The Morgan fingerprint density at radius 2 is 1.77 bits per heavy atom. The molecule has 9 heteroatoms. The van der Waals surface area contributed by atoms with Gasteiger partial charge < -0.3 is 20.4 Å². The Kier molecular flexibility index (Phi) is 6.19. The van der Waals surface area contributed by atoms with Gasteiger partial charge in [0, 0.05) is 0 Å². The second kappa shape index (κ2) is 8.17. The average molecular weight is 380 g/mol. The number of nitrogens with two attached hydrogens (primary N) is 1. The minimum Gasteiger partial charge on any atom is -0.497 e. The maximum Gasteiger partial charge on any atom is 0.234 e. The van der Waals surface area contributed by atoms with Gasteiger partial charge in [0.25, 0.3) is 0 Å². The number of methoxy groups -OCH3 is 2. The van der Waals surface area contributed by atoms with E-state index in [1.807, 2.05) is 0 Å². The molecule has 0 aromatic heterocycles. The molecule has 0 spiro atoms. The summed E-state index contributed by atoms with van der Waals surface area (Å²) >= 11 is 0. The van der Waals surface area contributed by atoms with Crippen molar-refractivity contribution in [2.45, 2.75) is 16.3 Å². The van der Waals surface area contributed by atoms with Crippen LogP contribution in [0.2, 0.25) is 0 Å². The molecule has 2 rings (SSSR count). The smallest absolute Gasteiger partial charge is 0.234 e. The summed E-state index contributed by atoms with van der Waals surface area (Å²) in [6, 6.07) is 10.5. The number of amides is 1. The van der Waals surface area contributed by atoms with E-state index in [0.717, 1.165) is 0 Å². The van der Waals surface area contributed by atoms with E-state index < -0.39 is 22.3 Å². The third-order valence-electron chi connectivity index (χ3n) is 3.61. The molecular weight excluding hydrogens is 360 g/mol. The van der Waals surface area contributed by atoms with Gasteiger partial charge in [0.2, 0.25) is 15.7 Å². The summed E-state index contributed by atoms with van der Waals surface area (Å²) in [6.45, 7) is -0.649. The minimum absolute atomic E-state index is 0.0449. The van der Waals surface area contributed by atoms with Crippen LogP contribution in [0.15, 0.2) is 52.3 Å². The molecule has 0 atom stereocenters. The monoisotopic (exact) mass is 380 g/mol. The van der Waals surface area contributed by atoms with Crippen molar-refractivity contribution in [1.82, 2.24) is 5.06 Å². The maximum absolute atomic E-state index is 13.1. The molecule has 0 heterocycles. The fraction of sp³-hybridized carbons (Fsp3) is 0.235. The molecule has 1 amide bonds. The van der Waals surface area contributed by atoms with Crippen LogP contribution in [0.5, 0.6) is 11.5 Å². The van der Waals surface area contributed by atoms with Gasteiger partial charge in [0.1, 0.15) is 22.9 Å². The Balaban J connectivity index is 2.52. The van der Waals surface area contributed by atoms with Crippen LogP contribution in [0, 0.1) is 0 Å². The fourth-order valence-electron chi connectivity index (χ4n) is 2.46. The zero-order valence-corrected chi connectivity index (χ0v) is 15.2. The summed E-state index contributed by atoms with van der Waals surface area (Å²) < 4.78 is 36.5. The van der Waals surface area contributed by atoms with Crippen LogP contribution in [-0.4, -0.2) is 45.4 Å². The Hall–Kier alpha value is -2.62. The van der Waals surface area contributed by atoms with Gasteiger partial charge in [0.05, 0.1) is 25.7 Å². The molecule has 0 saturated carbocycles. The number of benzene rings is 2. The third kappa shape index (κ3) is 4.31. The first-order chi connectivity index (χ1) is 12.3. The van der Waals surface area contributed by atoms with E-state index in [2.05, 4.69) is 0 Å². The normalized spacial score (nSPS) is 11.4. The van der Waals surface area contributed by atoms with Gasteiger partial charge >= 0.3 is 0 Å². The summed E-state index contributed by atoms with van der Waals surface area (Å²) in [5.41, 5.74) is 5.32. The molecule has 0 fully saturated rings. The summed E-state index contributed by atoms with van der Waals surface area (Å²) in [7, 11) is -1.11. The Bertz CT molecular complexity index is 881. The van der Waals surface area contributed by atoms with Gasteiger partial charge in [0.15, 0.2) is 0 Å². The number of hydroxylamine groups is 2. The van der Waals surface area contributed by atoms with Crippen molar-refractivity contribution in [1.29, 1.82) is 0 Å². The number of carbonyl (C=O) groups excluding carboxylic acids is 1. The molecule has 0 radical (unpaired) electrons. The van der Waals surface area contributed by atoms with Crippen molar-refractivity contribution < 1.29 is 27.9 Å². The second-order valence-corrected chi connectivity index (χ2v) is 7.30. The molecule has 0 aliphatic rings. The Labute approximate surface area is 151 Å². The van der Waals surface area contributed by atoms with Gasteiger partial charge in [-0.3, -0.25) is 4.79 Å². The van der Waals surface area contributed by atoms with E-state index in [9.17, 15) is 18.4 Å². The highest BCUT2D eigenvalue weighted by Gasteiger charge is 2.26. The number of hydrogen-bond acceptors (Lipinski definition) is 7. The number of sulfone groups is 1. The van der Waals surface area contributed by atoms with Gasteiger partial charge in [-0.1, -0.05) is 12.1 Å². The van der Waals surface area contributed by atoms with Crippen molar-refractivity contribution in [3.63, 3.8) is 0 Å². The number of rotatable bonds is 8. The fourth-order valence-corrected chi connectivity index (χ4v) is 4.08. The highest BCUT2D eigenvalue weighted by atomic mass is 32.2. The standard InChI is InChI=1S/C17H20N2O6S/c1-24-13-6-8-14(9-7-13)26(22,23)17-12(4-3-5-15(17)25-2)10-19(21)11-16(18)20/h3-9,21H,10-11H2,1-2H3,(H2,18,20). The van der Waals surface area contributed by atoms with Gasteiger partial charge in [-0.25, -0.2) is 8.42 Å². The molecule has 2 aromatic rings. The molecule has 8 nitrogen and oxygen atoms in total. The predicted molar refractivity (Wildman–Crippen MR) is 92.8 cm³/mol. The SMILES string of the molecule is COc1ccc(S(=O)(=O)c2c(CN(O)CC(N)=O)cccc2OC)cc1. The number of nitrogens with zero attached hydrogens (tertiary/aromatic N) is 1. The molecule has 3 N–H and O–H groups in total. The average Bonchev–Trinajstić information content (AvgIpc) is 2.60. The Morgan fingerprint density at radius 3 is 2.31 bits per heavy atom. The van der Waals surface area contributed by atoms with E-state index >= 15 is 0 Å². The maximum atomic E-state index is 13.1. The zero-order valence-electron chi connectivity index (χ0n) is 14.4. The molecule has 0 bridgehead atoms. The van der Waals surface area contributed by atoms with Crippen LogP contribution < -0.4 is 15.2 Å². The van der Waals surface area contributed by atoms with E-state index in [1.165, 1.54) is 50.6 Å². The molecule has 0 unspecified atom stereocenters. The van der Waals surface area contributed by atoms with E-state index in [1.54, 1.807) is 6.07 Å². The van der Waals surface area contributed by atoms with Crippen LogP contribution in [0.3, 0.4) is 0 Å². The molecular formula is C17H20N2O6S. The lowest BCUT2D eigenvalue weighted by atomic mass is 10.2. The summed E-state index contributed by atoms with van der Waals surface area (Å²) in [5.74, 6) is -0.0899. The van der Waals surface area contributed by atoms with Crippen LogP contribution in [-0.2, 0) is 21.2 Å². The van der Waals surface area contributed by atoms with Gasteiger partial charge in [-0.05, 0) is 35.9 Å². The minimum atomic E-state index is -3.95. The van der Waals surface area contributed by atoms with Crippen molar-refractivity contribution in [3.05, 3.63) is 48.0 Å². The summed E-state index contributed by atoms with van der Waals surface area (Å²) in [6.07, 6.45) is 0. The van der Waals surface area contributed by atoms with Crippen LogP contribution in [0.4, 0.5) is 0 Å². The van der Waals surface area contributed by atoms with Crippen molar-refractivity contribution in [2.24, 2.45) is 5.73 Å². The van der Waals surface area contributed by atoms with Crippen molar-refractivity contribution in [2.75, 3.05) is 20.8 Å². The predicted octanol–water partition coefficient (Wildman–Crippen LogP) is 1.21. The Morgan fingerprint density at radius 1 is 1.12 bits per heavy atom. The van der Waals surface area contributed by atoms with E-state index in [4.69, 9.17) is 15.2 Å². The van der Waals surface area contributed by atoms with Gasteiger partial charge in [-0.15, -0.1) is 0 Å². The van der Waals surface area contributed by atoms with E-state index in [0.29, 0.717) is 10.8 Å². The van der Waals surface area contributed by atoms with Gasteiger partial charge in [-0.2, -0.15) is 5.06 Å². The third-order valence-corrected chi connectivity index (χ3v) is 5.50. The largest absolute Gasteiger partial charge is 0.497 e. The van der Waals surface area contributed by atoms with Crippen LogP contribution in [0.1, 0.15) is 5.56 Å². The number of ether oxygens (including phenoxy) is 2. The van der Waals surface area contributed by atoms with Crippen LogP contribution in [0.25, 0.3) is 0 Å².